The minimum Gasteiger partial charge on any atom is -0.485 e. The highest BCUT2D eigenvalue weighted by Gasteiger charge is 2.27. The van der Waals surface area contributed by atoms with Crippen molar-refractivity contribution >= 4 is 33.1 Å². The van der Waals surface area contributed by atoms with Gasteiger partial charge in [0.15, 0.2) is 16.6 Å². The fourth-order valence-electron chi connectivity index (χ4n) is 3.42. The Labute approximate surface area is 171 Å². The second-order valence-electron chi connectivity index (χ2n) is 6.80. The fourth-order valence-corrected chi connectivity index (χ4v) is 4.25. The molecule has 6 heteroatoms. The smallest absolute Gasteiger partial charge is 0.270 e. The number of nitrogens with zero attached hydrogens (tertiary/aromatic N) is 1. The molecule has 29 heavy (non-hydrogen) atoms. The van der Waals surface area contributed by atoms with Crippen LogP contribution >= 0.6 is 11.3 Å². The number of ether oxygens (including phenoxy) is 2. The van der Waals surface area contributed by atoms with Gasteiger partial charge in [-0.1, -0.05) is 54.6 Å². The first-order chi connectivity index (χ1) is 14.3. The molecule has 1 N–H and O–H groups in total. The Hall–Kier alpha value is -3.38. The van der Waals surface area contributed by atoms with Crippen molar-refractivity contribution in [1.29, 1.82) is 0 Å². The lowest BCUT2D eigenvalue weighted by molar-refractivity contribution is -0.125. The van der Waals surface area contributed by atoms with Gasteiger partial charge < -0.3 is 9.47 Å². The number of amides is 1. The van der Waals surface area contributed by atoms with Crippen LogP contribution in [0.15, 0.2) is 72.9 Å². The van der Waals surface area contributed by atoms with Crippen LogP contribution in [0, 0.1) is 0 Å². The van der Waals surface area contributed by atoms with Crippen molar-refractivity contribution in [3.05, 3.63) is 83.4 Å². The second-order valence-corrected chi connectivity index (χ2v) is 7.92. The quantitative estimate of drug-likeness (QED) is 0.539. The van der Waals surface area contributed by atoms with Crippen molar-refractivity contribution in [2.45, 2.75) is 12.5 Å². The standard InChI is InChI=1S/C23H18N2O3S/c26-22(21-14-27-19-10-3-4-11-20(19)28-21)25-23-24-13-17(29-23)12-16-8-5-7-15-6-1-2-9-18(15)16/h1-11,13,21H,12,14H2,(H,24,25,26). The molecule has 0 radical (unpaired) electrons. The zero-order valence-corrected chi connectivity index (χ0v) is 16.3. The summed E-state index contributed by atoms with van der Waals surface area (Å²) in [4.78, 5) is 18.0. The van der Waals surface area contributed by atoms with Crippen LogP contribution in [-0.4, -0.2) is 23.6 Å². The normalized spacial score (nSPS) is 15.2. The molecule has 3 aromatic carbocycles. The Morgan fingerprint density at radius 2 is 1.83 bits per heavy atom. The molecule has 0 fully saturated rings. The lowest BCUT2D eigenvalue weighted by atomic mass is 10.0. The molecule has 1 atom stereocenters. The first kappa shape index (κ1) is 17.7. The van der Waals surface area contributed by atoms with Crippen LogP contribution < -0.4 is 14.8 Å². The molecule has 1 amide bonds. The van der Waals surface area contributed by atoms with E-state index < -0.39 is 6.10 Å². The van der Waals surface area contributed by atoms with E-state index in [2.05, 4.69) is 46.7 Å². The van der Waals surface area contributed by atoms with Crippen LogP contribution in [0.25, 0.3) is 10.8 Å². The van der Waals surface area contributed by atoms with Crippen LogP contribution in [0.3, 0.4) is 0 Å². The molecular formula is C23H18N2O3S. The van der Waals surface area contributed by atoms with Crippen LogP contribution in [0.4, 0.5) is 5.13 Å². The highest BCUT2D eigenvalue weighted by Crippen LogP contribution is 2.31. The molecule has 0 bridgehead atoms. The summed E-state index contributed by atoms with van der Waals surface area (Å²) in [5, 5.41) is 5.87. The van der Waals surface area contributed by atoms with E-state index >= 15 is 0 Å². The van der Waals surface area contributed by atoms with E-state index in [9.17, 15) is 4.79 Å². The van der Waals surface area contributed by atoms with Crippen molar-refractivity contribution < 1.29 is 14.3 Å². The van der Waals surface area contributed by atoms with E-state index in [0.717, 1.165) is 11.3 Å². The third-order valence-electron chi connectivity index (χ3n) is 4.83. The van der Waals surface area contributed by atoms with Crippen molar-refractivity contribution in [3.63, 3.8) is 0 Å². The minimum atomic E-state index is -0.699. The van der Waals surface area contributed by atoms with E-state index in [1.807, 2.05) is 30.5 Å². The largest absolute Gasteiger partial charge is 0.485 e. The van der Waals surface area contributed by atoms with Gasteiger partial charge in [0.1, 0.15) is 6.61 Å². The number of benzene rings is 3. The zero-order valence-electron chi connectivity index (χ0n) is 15.5. The average Bonchev–Trinajstić information content (AvgIpc) is 3.20. The predicted molar refractivity (Wildman–Crippen MR) is 114 cm³/mol. The van der Waals surface area contributed by atoms with Gasteiger partial charge in [-0.3, -0.25) is 10.1 Å². The number of fused-ring (bicyclic) bond motifs is 2. The maximum absolute atomic E-state index is 12.6. The third-order valence-corrected chi connectivity index (χ3v) is 5.74. The van der Waals surface area contributed by atoms with Gasteiger partial charge in [-0.05, 0) is 28.5 Å². The molecule has 0 aliphatic carbocycles. The number of para-hydroxylation sites is 2. The lowest BCUT2D eigenvalue weighted by Gasteiger charge is -2.25. The summed E-state index contributed by atoms with van der Waals surface area (Å²) in [6.45, 7) is 0.178. The van der Waals surface area contributed by atoms with Gasteiger partial charge in [0, 0.05) is 17.5 Å². The predicted octanol–water partition coefficient (Wildman–Crippen LogP) is 4.67. The first-order valence-electron chi connectivity index (χ1n) is 9.37. The van der Waals surface area contributed by atoms with Gasteiger partial charge in [-0.2, -0.15) is 0 Å². The second kappa shape index (κ2) is 7.56. The van der Waals surface area contributed by atoms with Crippen LogP contribution in [-0.2, 0) is 11.2 Å². The molecule has 5 rings (SSSR count). The van der Waals surface area contributed by atoms with Gasteiger partial charge in [-0.15, -0.1) is 11.3 Å². The highest BCUT2D eigenvalue weighted by molar-refractivity contribution is 7.15. The highest BCUT2D eigenvalue weighted by atomic mass is 32.1. The Bertz CT molecular complexity index is 1180. The number of thiazole rings is 1. The van der Waals surface area contributed by atoms with Crippen molar-refractivity contribution in [2.75, 3.05) is 11.9 Å². The lowest BCUT2D eigenvalue weighted by Crippen LogP contribution is -2.40. The van der Waals surface area contributed by atoms with Gasteiger partial charge in [0.25, 0.3) is 5.91 Å². The van der Waals surface area contributed by atoms with Crippen LogP contribution in [0.5, 0.6) is 11.5 Å². The van der Waals surface area contributed by atoms with Gasteiger partial charge in [-0.25, -0.2) is 4.98 Å². The molecule has 1 aromatic heterocycles. The summed E-state index contributed by atoms with van der Waals surface area (Å²) in [6.07, 6.45) is 1.89. The summed E-state index contributed by atoms with van der Waals surface area (Å²) in [5.41, 5.74) is 1.24. The van der Waals surface area contributed by atoms with Crippen LogP contribution in [0.1, 0.15) is 10.4 Å². The molecule has 5 nitrogen and oxygen atoms in total. The fraction of sp³-hybridized carbons (Fsp3) is 0.130. The van der Waals surface area contributed by atoms with Crippen LogP contribution in [0.2, 0.25) is 0 Å². The SMILES string of the molecule is O=C(Nc1ncc(Cc2cccc3ccccc23)s1)C1COc2ccccc2O1. The summed E-state index contributed by atoms with van der Waals surface area (Å²) in [7, 11) is 0. The summed E-state index contributed by atoms with van der Waals surface area (Å²) < 4.78 is 11.4. The Balaban J connectivity index is 1.28. The molecule has 144 valence electrons. The Morgan fingerprint density at radius 1 is 1.03 bits per heavy atom. The molecule has 1 aliphatic rings. The number of carbonyl (C=O) groups is 1. The molecule has 0 saturated carbocycles. The maximum atomic E-state index is 12.6. The number of carbonyl (C=O) groups excluding carboxylic acids is 1. The first-order valence-corrected chi connectivity index (χ1v) is 10.2. The Kier molecular flexibility index (Phi) is 4.62. The maximum Gasteiger partial charge on any atom is 0.270 e. The monoisotopic (exact) mass is 402 g/mol. The molecule has 2 heterocycles. The number of hydrogen-bond donors (Lipinski definition) is 1. The van der Waals surface area contributed by atoms with E-state index in [-0.39, 0.29) is 12.5 Å². The van der Waals surface area contributed by atoms with E-state index in [1.54, 1.807) is 6.07 Å². The number of aromatic nitrogens is 1. The van der Waals surface area contributed by atoms with Gasteiger partial charge in [0.05, 0.1) is 0 Å². The van der Waals surface area contributed by atoms with E-state index in [1.165, 1.54) is 27.7 Å². The van der Waals surface area contributed by atoms with Crippen molar-refractivity contribution in [2.24, 2.45) is 0 Å². The van der Waals surface area contributed by atoms with Gasteiger partial charge in [0.2, 0.25) is 6.10 Å². The topological polar surface area (TPSA) is 60.5 Å². The van der Waals surface area contributed by atoms with Gasteiger partial charge >= 0.3 is 0 Å². The summed E-state index contributed by atoms with van der Waals surface area (Å²) >= 11 is 1.47. The summed E-state index contributed by atoms with van der Waals surface area (Å²) in [6, 6.07) is 22.0. The summed E-state index contributed by atoms with van der Waals surface area (Å²) in [5.74, 6) is 0.975. The number of hydrogen-bond acceptors (Lipinski definition) is 5. The number of nitrogens with one attached hydrogen (secondary N) is 1. The number of anilines is 1. The molecule has 0 spiro atoms. The van der Waals surface area contributed by atoms with E-state index in [0.29, 0.717) is 16.6 Å². The molecular weight excluding hydrogens is 384 g/mol. The minimum absolute atomic E-state index is 0.178. The third kappa shape index (κ3) is 3.67. The molecule has 0 saturated heterocycles. The van der Waals surface area contributed by atoms with E-state index in [4.69, 9.17) is 9.47 Å². The average molecular weight is 402 g/mol. The molecule has 1 unspecified atom stereocenters. The number of rotatable bonds is 4. The molecule has 4 aromatic rings. The van der Waals surface area contributed by atoms with Crippen molar-refractivity contribution in [3.8, 4) is 11.5 Å². The Morgan fingerprint density at radius 3 is 2.76 bits per heavy atom. The molecule has 1 aliphatic heterocycles. The van der Waals surface area contributed by atoms with Crippen molar-refractivity contribution in [1.82, 2.24) is 4.98 Å². The zero-order chi connectivity index (χ0) is 19.6.